The molecule has 2 aromatic heterocycles. The minimum absolute atomic E-state index is 0.0368. The summed E-state index contributed by atoms with van der Waals surface area (Å²) in [6.07, 6.45) is 4.61. The van der Waals surface area contributed by atoms with E-state index >= 15 is 0 Å². The van der Waals surface area contributed by atoms with E-state index in [1.165, 1.54) is 13.8 Å². The van der Waals surface area contributed by atoms with Crippen LogP contribution in [0.2, 0.25) is 0 Å². The summed E-state index contributed by atoms with van der Waals surface area (Å²) in [7, 11) is 0. The van der Waals surface area contributed by atoms with Crippen LogP contribution in [-0.4, -0.2) is 70.3 Å². The predicted molar refractivity (Wildman–Crippen MR) is 132 cm³/mol. The van der Waals surface area contributed by atoms with Gasteiger partial charge in [-0.15, -0.1) is 0 Å². The number of alkyl halides is 1. The van der Waals surface area contributed by atoms with Crippen LogP contribution in [0.5, 0.6) is 0 Å². The maximum absolute atomic E-state index is 13.8. The number of piperidine rings is 1. The Hall–Kier alpha value is -2.78. The van der Waals surface area contributed by atoms with Crippen LogP contribution in [0.4, 0.5) is 4.39 Å². The highest BCUT2D eigenvalue weighted by molar-refractivity contribution is 6.07. The van der Waals surface area contributed by atoms with Gasteiger partial charge in [-0.25, -0.2) is 4.39 Å². The second-order valence-electron chi connectivity index (χ2n) is 10.4. The van der Waals surface area contributed by atoms with Crippen LogP contribution in [0.1, 0.15) is 61.5 Å². The van der Waals surface area contributed by atoms with Gasteiger partial charge < -0.3 is 19.4 Å². The van der Waals surface area contributed by atoms with Crippen molar-refractivity contribution in [1.29, 1.82) is 0 Å². The first kappa shape index (κ1) is 23.9. The third-order valence-electron chi connectivity index (χ3n) is 7.07. The number of nitrogens with one attached hydrogen (secondary N) is 1. The Kier molecular flexibility index (Phi) is 6.40. The fraction of sp³-hybridized carbons (Fsp3) is 0.577. The van der Waals surface area contributed by atoms with Gasteiger partial charge in [-0.05, 0) is 64.2 Å². The molecule has 0 saturated carbocycles. The number of pyridine rings is 1. The number of carbonyl (C=O) groups is 1. The number of rotatable bonds is 5. The zero-order valence-corrected chi connectivity index (χ0v) is 20.6. The Bertz CT molecular complexity index is 1290. The lowest BCUT2D eigenvalue weighted by atomic mass is 10.00. The summed E-state index contributed by atoms with van der Waals surface area (Å²) < 4.78 is 26.9. The van der Waals surface area contributed by atoms with E-state index in [0.717, 1.165) is 29.3 Å². The highest BCUT2D eigenvalue weighted by Gasteiger charge is 2.28. The van der Waals surface area contributed by atoms with E-state index in [1.54, 1.807) is 6.20 Å². The first-order valence-corrected chi connectivity index (χ1v) is 12.4. The molecule has 2 fully saturated rings. The van der Waals surface area contributed by atoms with Gasteiger partial charge in [0.1, 0.15) is 5.67 Å². The molecule has 0 aliphatic carbocycles. The number of hydrogen-bond acceptors (Lipinski definition) is 5. The van der Waals surface area contributed by atoms with Crippen molar-refractivity contribution in [1.82, 2.24) is 19.7 Å². The number of likely N-dealkylation sites (tertiary alicyclic amines) is 1. The molecule has 0 radical (unpaired) electrons. The zero-order valence-electron chi connectivity index (χ0n) is 20.6. The van der Waals surface area contributed by atoms with Crippen molar-refractivity contribution < 1.29 is 18.7 Å². The van der Waals surface area contributed by atoms with Crippen LogP contribution in [0.25, 0.3) is 21.8 Å². The van der Waals surface area contributed by atoms with Gasteiger partial charge in [0.25, 0.3) is 11.5 Å². The van der Waals surface area contributed by atoms with Gasteiger partial charge in [-0.3, -0.25) is 14.3 Å². The summed E-state index contributed by atoms with van der Waals surface area (Å²) in [5.74, 6) is -0.0369. The molecule has 0 bridgehead atoms. The maximum atomic E-state index is 13.8. The third-order valence-corrected chi connectivity index (χ3v) is 7.07. The SMILES string of the molecule is Cc1cc2[nH]c(=O)c3cnn(C4CCOCC4)c3c2cc1C(=O)N1CCC(OCC(C)(C)F)CC1. The molecule has 2 aliphatic rings. The fourth-order valence-corrected chi connectivity index (χ4v) is 5.14. The Morgan fingerprint density at radius 1 is 1.20 bits per heavy atom. The van der Waals surface area contributed by atoms with E-state index in [1.807, 2.05) is 28.6 Å². The van der Waals surface area contributed by atoms with Gasteiger partial charge in [0.15, 0.2) is 0 Å². The van der Waals surface area contributed by atoms with Crippen molar-refractivity contribution in [2.24, 2.45) is 0 Å². The van der Waals surface area contributed by atoms with Gasteiger partial charge in [-0.2, -0.15) is 5.10 Å². The number of aryl methyl sites for hydroxylation is 1. The Morgan fingerprint density at radius 3 is 2.60 bits per heavy atom. The molecule has 0 spiro atoms. The summed E-state index contributed by atoms with van der Waals surface area (Å²) in [5, 5.41) is 5.91. The summed E-state index contributed by atoms with van der Waals surface area (Å²) in [6, 6.07) is 3.93. The van der Waals surface area contributed by atoms with Crippen molar-refractivity contribution >= 4 is 27.7 Å². The summed E-state index contributed by atoms with van der Waals surface area (Å²) in [4.78, 5) is 31.1. The van der Waals surface area contributed by atoms with Crippen LogP contribution in [0.3, 0.4) is 0 Å². The molecule has 1 aromatic carbocycles. The number of amides is 1. The molecule has 9 heteroatoms. The number of benzene rings is 1. The second-order valence-corrected chi connectivity index (χ2v) is 10.4. The average molecular weight is 485 g/mol. The van der Waals surface area contributed by atoms with Crippen molar-refractivity contribution in [2.75, 3.05) is 32.9 Å². The van der Waals surface area contributed by atoms with Gasteiger partial charge in [0.2, 0.25) is 0 Å². The van der Waals surface area contributed by atoms with E-state index in [2.05, 4.69) is 10.1 Å². The normalized spacial score (nSPS) is 18.6. The molecule has 2 aliphatic heterocycles. The summed E-state index contributed by atoms with van der Waals surface area (Å²) in [5.41, 5.74) is 1.36. The van der Waals surface area contributed by atoms with Crippen molar-refractivity contribution in [2.45, 2.75) is 64.3 Å². The van der Waals surface area contributed by atoms with E-state index in [-0.39, 0.29) is 30.2 Å². The smallest absolute Gasteiger partial charge is 0.259 e. The number of hydrogen-bond donors (Lipinski definition) is 1. The highest BCUT2D eigenvalue weighted by atomic mass is 19.1. The average Bonchev–Trinajstić information content (AvgIpc) is 3.29. The number of aromatic amines is 1. The van der Waals surface area contributed by atoms with E-state index in [9.17, 15) is 14.0 Å². The molecule has 3 aromatic rings. The summed E-state index contributed by atoms with van der Waals surface area (Å²) >= 11 is 0. The molecule has 1 N–H and O–H groups in total. The van der Waals surface area contributed by atoms with Gasteiger partial charge >= 0.3 is 0 Å². The minimum Gasteiger partial charge on any atom is -0.381 e. The number of H-pyrrole nitrogens is 1. The number of ether oxygens (including phenoxy) is 2. The number of nitrogens with zero attached hydrogens (tertiary/aromatic N) is 3. The number of aromatic nitrogens is 3. The van der Waals surface area contributed by atoms with Crippen LogP contribution in [0.15, 0.2) is 23.1 Å². The van der Waals surface area contributed by atoms with Crippen LogP contribution in [-0.2, 0) is 9.47 Å². The lowest BCUT2D eigenvalue weighted by Crippen LogP contribution is -2.42. The van der Waals surface area contributed by atoms with Crippen LogP contribution < -0.4 is 5.56 Å². The number of fused-ring (bicyclic) bond motifs is 3. The molecule has 8 nitrogen and oxygen atoms in total. The predicted octanol–water partition coefficient (Wildman–Crippen LogP) is 3.91. The molecular weight excluding hydrogens is 451 g/mol. The molecule has 35 heavy (non-hydrogen) atoms. The molecule has 188 valence electrons. The van der Waals surface area contributed by atoms with Crippen molar-refractivity contribution in [3.63, 3.8) is 0 Å². The molecule has 1 amide bonds. The zero-order chi connectivity index (χ0) is 24.7. The molecule has 5 rings (SSSR count). The van der Waals surface area contributed by atoms with Gasteiger partial charge in [0.05, 0.1) is 41.4 Å². The Balaban J connectivity index is 1.45. The fourth-order valence-electron chi connectivity index (χ4n) is 5.14. The van der Waals surface area contributed by atoms with Gasteiger partial charge in [0, 0.05) is 37.3 Å². The van der Waals surface area contributed by atoms with E-state index in [4.69, 9.17) is 9.47 Å². The Labute approximate surface area is 203 Å². The lowest BCUT2D eigenvalue weighted by molar-refractivity contribution is -0.0355. The molecule has 0 atom stereocenters. The first-order chi connectivity index (χ1) is 16.7. The standard InChI is InChI=1S/C26H33FN4O4/c1-16-12-22-20(23-21(24(32)29-22)14-28-31(23)17-6-10-34-11-7-17)13-19(16)25(33)30-8-4-18(5-9-30)35-15-26(2,3)27/h12-14,17-18H,4-11,15H2,1-3H3,(H,29,32). The van der Waals surface area contributed by atoms with Gasteiger partial charge in [-0.1, -0.05) is 0 Å². The molecule has 2 saturated heterocycles. The quantitative estimate of drug-likeness (QED) is 0.593. The minimum atomic E-state index is -1.36. The number of halogens is 1. The van der Waals surface area contributed by atoms with Crippen LogP contribution >= 0.6 is 0 Å². The third kappa shape index (κ3) is 4.84. The van der Waals surface area contributed by atoms with Crippen LogP contribution in [0, 0.1) is 6.92 Å². The highest BCUT2D eigenvalue weighted by Crippen LogP contribution is 2.30. The largest absolute Gasteiger partial charge is 0.381 e. The van der Waals surface area contributed by atoms with E-state index < -0.39 is 5.67 Å². The monoisotopic (exact) mass is 484 g/mol. The summed E-state index contributed by atoms with van der Waals surface area (Å²) in [6.45, 7) is 7.42. The number of carbonyl (C=O) groups excluding carboxylic acids is 1. The second kappa shape index (κ2) is 9.35. The van der Waals surface area contributed by atoms with Crippen molar-refractivity contribution in [3.05, 3.63) is 39.8 Å². The molecule has 0 unspecified atom stereocenters. The topological polar surface area (TPSA) is 89.4 Å². The molecule has 4 heterocycles. The van der Waals surface area contributed by atoms with Crippen molar-refractivity contribution in [3.8, 4) is 0 Å². The Morgan fingerprint density at radius 2 is 1.91 bits per heavy atom. The lowest BCUT2D eigenvalue weighted by Gasteiger charge is -2.33. The first-order valence-electron chi connectivity index (χ1n) is 12.4. The maximum Gasteiger partial charge on any atom is 0.259 e. The molecular formula is C26H33FN4O4. The van der Waals surface area contributed by atoms with E-state index in [0.29, 0.717) is 55.6 Å².